The summed E-state index contributed by atoms with van der Waals surface area (Å²) in [6, 6.07) is 7.22. The molecule has 1 amide bonds. The standard InChI is InChI=1S/C18H13F4N3O/c1-24-9-18(16(8-19)23-24)25(10-26)17-5-3-2-4-11(17)12-6-14(21)15(22)7-13(12)20/h2-7,9-10H,8H2,1H3. The molecule has 26 heavy (non-hydrogen) atoms. The Morgan fingerprint density at radius 1 is 1.04 bits per heavy atom. The zero-order valence-electron chi connectivity index (χ0n) is 13.6. The van der Waals surface area contributed by atoms with Crippen LogP contribution in [0.25, 0.3) is 11.1 Å². The summed E-state index contributed by atoms with van der Waals surface area (Å²) >= 11 is 0. The van der Waals surface area contributed by atoms with Crippen LogP contribution < -0.4 is 4.90 Å². The zero-order valence-corrected chi connectivity index (χ0v) is 13.6. The summed E-state index contributed by atoms with van der Waals surface area (Å²) in [7, 11) is 1.56. The third-order valence-electron chi connectivity index (χ3n) is 3.84. The van der Waals surface area contributed by atoms with Crippen molar-refractivity contribution in [1.29, 1.82) is 0 Å². The van der Waals surface area contributed by atoms with Crippen LogP contribution >= 0.6 is 0 Å². The van der Waals surface area contributed by atoms with E-state index in [9.17, 15) is 22.4 Å². The molecule has 0 N–H and O–H groups in total. The fraction of sp³-hybridized carbons (Fsp3) is 0.111. The minimum atomic E-state index is -1.32. The molecule has 3 aromatic rings. The molecule has 0 saturated carbocycles. The Balaban J connectivity index is 2.20. The van der Waals surface area contributed by atoms with Crippen molar-refractivity contribution in [2.45, 2.75) is 6.67 Å². The lowest BCUT2D eigenvalue weighted by Crippen LogP contribution is -2.16. The Labute approximate surface area is 146 Å². The van der Waals surface area contributed by atoms with E-state index >= 15 is 0 Å². The van der Waals surface area contributed by atoms with Gasteiger partial charge in [0.1, 0.15) is 18.2 Å². The third kappa shape index (κ3) is 3.05. The van der Waals surface area contributed by atoms with Gasteiger partial charge in [0, 0.05) is 30.4 Å². The first-order chi connectivity index (χ1) is 12.5. The minimum Gasteiger partial charge on any atom is -0.279 e. The molecule has 0 aliphatic carbocycles. The number of aromatic nitrogens is 2. The maximum Gasteiger partial charge on any atom is 0.218 e. The molecule has 0 aliphatic heterocycles. The molecule has 0 spiro atoms. The van der Waals surface area contributed by atoms with Crippen molar-refractivity contribution in [3.63, 3.8) is 0 Å². The summed E-state index contributed by atoms with van der Waals surface area (Å²) in [4.78, 5) is 12.8. The molecule has 4 nitrogen and oxygen atoms in total. The summed E-state index contributed by atoms with van der Waals surface area (Å²) < 4.78 is 55.6. The van der Waals surface area contributed by atoms with E-state index in [-0.39, 0.29) is 28.2 Å². The van der Waals surface area contributed by atoms with Gasteiger partial charge in [-0.05, 0) is 12.1 Å². The fourth-order valence-corrected chi connectivity index (χ4v) is 2.70. The molecular formula is C18H13F4N3O. The quantitative estimate of drug-likeness (QED) is 0.386. The van der Waals surface area contributed by atoms with E-state index in [1.54, 1.807) is 19.2 Å². The Bertz CT molecular complexity index is 971. The first kappa shape index (κ1) is 17.7. The lowest BCUT2D eigenvalue weighted by atomic mass is 10.0. The normalized spacial score (nSPS) is 10.8. The number of amides is 1. The van der Waals surface area contributed by atoms with Crippen LogP contribution in [0.5, 0.6) is 0 Å². The topological polar surface area (TPSA) is 38.1 Å². The molecule has 0 unspecified atom stereocenters. The lowest BCUT2D eigenvalue weighted by molar-refractivity contribution is -0.106. The molecule has 3 rings (SSSR count). The number of nitrogens with zero attached hydrogens (tertiary/aromatic N) is 3. The van der Waals surface area contributed by atoms with Crippen molar-refractivity contribution in [2.24, 2.45) is 7.05 Å². The first-order valence-corrected chi connectivity index (χ1v) is 7.53. The van der Waals surface area contributed by atoms with E-state index in [0.717, 1.165) is 4.90 Å². The Hall–Kier alpha value is -3.16. The number of carbonyl (C=O) groups is 1. The van der Waals surface area contributed by atoms with Crippen LogP contribution in [0.15, 0.2) is 42.6 Å². The second-order valence-electron chi connectivity index (χ2n) is 5.51. The molecule has 0 aliphatic rings. The number of benzene rings is 2. The highest BCUT2D eigenvalue weighted by Gasteiger charge is 2.21. The summed E-state index contributed by atoms with van der Waals surface area (Å²) in [5.41, 5.74) is 0.275. The average Bonchev–Trinajstić information content (AvgIpc) is 3.00. The number of alkyl halides is 1. The van der Waals surface area contributed by atoms with Gasteiger partial charge < -0.3 is 0 Å². The molecule has 0 fully saturated rings. The number of halogens is 4. The van der Waals surface area contributed by atoms with Crippen LogP contribution in [0, 0.1) is 17.5 Å². The van der Waals surface area contributed by atoms with E-state index in [1.807, 2.05) is 0 Å². The molecule has 1 heterocycles. The monoisotopic (exact) mass is 363 g/mol. The van der Waals surface area contributed by atoms with Crippen LogP contribution in [0.4, 0.5) is 28.9 Å². The van der Waals surface area contributed by atoms with Crippen molar-refractivity contribution >= 4 is 17.8 Å². The second-order valence-corrected chi connectivity index (χ2v) is 5.51. The molecule has 134 valence electrons. The van der Waals surface area contributed by atoms with Crippen molar-refractivity contribution in [3.8, 4) is 11.1 Å². The van der Waals surface area contributed by atoms with Gasteiger partial charge in [-0.15, -0.1) is 0 Å². The van der Waals surface area contributed by atoms with Gasteiger partial charge in [0.25, 0.3) is 0 Å². The van der Waals surface area contributed by atoms with Gasteiger partial charge in [-0.25, -0.2) is 17.6 Å². The second kappa shape index (κ2) is 6.99. The van der Waals surface area contributed by atoms with Crippen molar-refractivity contribution < 1.29 is 22.4 Å². The predicted molar refractivity (Wildman–Crippen MR) is 88.0 cm³/mol. The number of rotatable bonds is 5. The van der Waals surface area contributed by atoms with Crippen LogP contribution in [0.2, 0.25) is 0 Å². The number of anilines is 2. The van der Waals surface area contributed by atoms with Crippen LogP contribution in [-0.2, 0) is 18.5 Å². The van der Waals surface area contributed by atoms with Gasteiger partial charge in [0.15, 0.2) is 11.6 Å². The smallest absolute Gasteiger partial charge is 0.218 e. The highest BCUT2D eigenvalue weighted by atomic mass is 19.2. The Kier molecular flexibility index (Phi) is 4.75. The summed E-state index contributed by atoms with van der Waals surface area (Å²) in [6.07, 6.45) is 1.86. The zero-order chi connectivity index (χ0) is 18.8. The predicted octanol–water partition coefficient (Wildman–Crippen LogP) is 4.27. The van der Waals surface area contributed by atoms with E-state index in [0.29, 0.717) is 18.5 Å². The Morgan fingerprint density at radius 3 is 2.42 bits per heavy atom. The first-order valence-electron chi connectivity index (χ1n) is 7.53. The number of carbonyl (C=O) groups excluding carboxylic acids is 1. The van der Waals surface area contributed by atoms with Gasteiger partial charge in [-0.2, -0.15) is 5.10 Å². The molecule has 0 saturated heterocycles. The lowest BCUT2D eigenvalue weighted by Gasteiger charge is -2.20. The molecule has 2 aromatic carbocycles. The Morgan fingerprint density at radius 2 is 1.73 bits per heavy atom. The SMILES string of the molecule is Cn1cc(N(C=O)c2ccccc2-c2cc(F)c(F)cc2F)c(CF)n1. The summed E-state index contributed by atoms with van der Waals surface area (Å²) in [5, 5.41) is 3.93. The number of hydrogen-bond acceptors (Lipinski definition) is 2. The largest absolute Gasteiger partial charge is 0.279 e. The molecule has 0 atom stereocenters. The van der Waals surface area contributed by atoms with E-state index in [1.165, 1.54) is 23.0 Å². The maximum absolute atomic E-state index is 14.2. The van der Waals surface area contributed by atoms with Crippen molar-refractivity contribution in [3.05, 3.63) is 65.7 Å². The maximum atomic E-state index is 14.2. The van der Waals surface area contributed by atoms with E-state index in [2.05, 4.69) is 5.10 Å². The molecule has 0 bridgehead atoms. The number of hydrogen-bond donors (Lipinski definition) is 0. The minimum absolute atomic E-state index is 0.0140. The van der Waals surface area contributed by atoms with Gasteiger partial charge in [-0.1, -0.05) is 18.2 Å². The summed E-state index contributed by atoms with van der Waals surface area (Å²) in [6.45, 7) is -0.914. The average molecular weight is 363 g/mol. The van der Waals surface area contributed by atoms with Gasteiger partial charge >= 0.3 is 0 Å². The van der Waals surface area contributed by atoms with Crippen molar-refractivity contribution in [1.82, 2.24) is 9.78 Å². The van der Waals surface area contributed by atoms with Gasteiger partial charge in [0.05, 0.1) is 11.4 Å². The highest BCUT2D eigenvalue weighted by molar-refractivity contribution is 5.94. The number of aryl methyl sites for hydroxylation is 1. The van der Waals surface area contributed by atoms with Gasteiger partial charge in [-0.3, -0.25) is 14.4 Å². The third-order valence-corrected chi connectivity index (χ3v) is 3.84. The molecule has 1 aromatic heterocycles. The van der Waals surface area contributed by atoms with Crippen molar-refractivity contribution in [2.75, 3.05) is 4.90 Å². The van der Waals surface area contributed by atoms with E-state index in [4.69, 9.17) is 0 Å². The van der Waals surface area contributed by atoms with Crippen LogP contribution in [0.1, 0.15) is 5.69 Å². The molecular weight excluding hydrogens is 350 g/mol. The summed E-state index contributed by atoms with van der Waals surface area (Å²) in [5.74, 6) is -3.53. The highest BCUT2D eigenvalue weighted by Crippen LogP contribution is 2.37. The molecule has 8 heteroatoms. The van der Waals surface area contributed by atoms with Crippen LogP contribution in [-0.4, -0.2) is 16.2 Å². The fourth-order valence-electron chi connectivity index (χ4n) is 2.70. The van der Waals surface area contributed by atoms with Gasteiger partial charge in [0.2, 0.25) is 6.41 Å². The van der Waals surface area contributed by atoms with E-state index < -0.39 is 24.1 Å². The van der Waals surface area contributed by atoms with Crippen LogP contribution in [0.3, 0.4) is 0 Å². The molecule has 0 radical (unpaired) electrons. The number of para-hydroxylation sites is 1.